The van der Waals surface area contributed by atoms with Crippen LogP contribution in [-0.2, 0) is 4.79 Å². The minimum Gasteiger partial charge on any atom is -0.480 e. The molecule has 3 heteroatoms. The minimum absolute atomic E-state index is 0.304. The summed E-state index contributed by atoms with van der Waals surface area (Å²) in [6.45, 7) is 6.30. The molecule has 1 rings (SSSR count). The second-order valence-electron chi connectivity index (χ2n) is 5.05. The van der Waals surface area contributed by atoms with Crippen LogP contribution in [-0.4, -0.2) is 17.1 Å². The first kappa shape index (κ1) is 14.7. The molecule has 1 aromatic rings. The van der Waals surface area contributed by atoms with E-state index in [0.29, 0.717) is 18.3 Å². The summed E-state index contributed by atoms with van der Waals surface area (Å²) < 4.78 is 0. The Morgan fingerprint density at radius 3 is 2.33 bits per heavy atom. The number of aliphatic carboxylic acids is 1. The lowest BCUT2D eigenvalue weighted by atomic mass is 9.81. The van der Waals surface area contributed by atoms with Crippen LogP contribution in [0.3, 0.4) is 0 Å². The number of rotatable bonds is 6. The van der Waals surface area contributed by atoms with E-state index in [1.165, 1.54) is 11.1 Å². The van der Waals surface area contributed by atoms with Crippen molar-refractivity contribution in [3.63, 3.8) is 0 Å². The number of benzene rings is 1. The topological polar surface area (TPSA) is 63.3 Å². The predicted molar refractivity (Wildman–Crippen MR) is 73.6 cm³/mol. The van der Waals surface area contributed by atoms with Crippen molar-refractivity contribution >= 4 is 5.97 Å². The van der Waals surface area contributed by atoms with Crippen molar-refractivity contribution in [2.75, 3.05) is 0 Å². The van der Waals surface area contributed by atoms with Crippen LogP contribution >= 0.6 is 0 Å². The molecule has 100 valence electrons. The molecular weight excluding hydrogens is 226 g/mol. The van der Waals surface area contributed by atoms with Gasteiger partial charge in [0, 0.05) is 0 Å². The Balaban J connectivity index is 2.75. The van der Waals surface area contributed by atoms with Crippen molar-refractivity contribution < 1.29 is 9.90 Å². The van der Waals surface area contributed by atoms with Gasteiger partial charge in [0.05, 0.1) is 0 Å². The summed E-state index contributed by atoms with van der Waals surface area (Å²) in [5.74, 6) is -0.274. The molecule has 0 aliphatic heterocycles. The fraction of sp³-hybridized carbons (Fsp3) is 0.533. The van der Waals surface area contributed by atoms with Crippen LogP contribution in [0.4, 0.5) is 0 Å². The molecule has 3 unspecified atom stereocenters. The van der Waals surface area contributed by atoms with Crippen molar-refractivity contribution in [2.24, 2.45) is 11.7 Å². The van der Waals surface area contributed by atoms with Crippen LogP contribution in [0, 0.1) is 12.8 Å². The van der Waals surface area contributed by atoms with Gasteiger partial charge in [-0.05, 0) is 30.7 Å². The first-order valence-corrected chi connectivity index (χ1v) is 6.50. The van der Waals surface area contributed by atoms with Gasteiger partial charge in [-0.2, -0.15) is 0 Å². The van der Waals surface area contributed by atoms with Gasteiger partial charge >= 0.3 is 5.97 Å². The van der Waals surface area contributed by atoms with E-state index in [4.69, 9.17) is 10.8 Å². The number of carbonyl (C=O) groups is 1. The maximum absolute atomic E-state index is 10.8. The molecule has 1 aromatic carbocycles. The van der Waals surface area contributed by atoms with Crippen LogP contribution in [0.2, 0.25) is 0 Å². The van der Waals surface area contributed by atoms with Crippen LogP contribution < -0.4 is 5.73 Å². The highest BCUT2D eigenvalue weighted by Gasteiger charge is 2.23. The molecule has 3 nitrogen and oxygen atoms in total. The minimum atomic E-state index is -0.912. The second kappa shape index (κ2) is 6.55. The van der Waals surface area contributed by atoms with Gasteiger partial charge in [0.25, 0.3) is 0 Å². The maximum atomic E-state index is 10.8. The first-order valence-electron chi connectivity index (χ1n) is 6.50. The molecule has 0 bridgehead atoms. The van der Waals surface area contributed by atoms with Gasteiger partial charge in [0.15, 0.2) is 0 Å². The van der Waals surface area contributed by atoms with Gasteiger partial charge < -0.3 is 10.8 Å². The van der Waals surface area contributed by atoms with E-state index in [1.807, 2.05) is 0 Å². The zero-order valence-electron chi connectivity index (χ0n) is 11.4. The molecule has 0 aliphatic carbocycles. The third-order valence-electron chi connectivity index (χ3n) is 3.71. The van der Waals surface area contributed by atoms with Gasteiger partial charge in [-0.1, -0.05) is 50.1 Å². The Morgan fingerprint density at radius 2 is 1.89 bits per heavy atom. The van der Waals surface area contributed by atoms with E-state index in [1.54, 1.807) is 0 Å². The molecule has 0 heterocycles. The Kier molecular flexibility index (Phi) is 5.35. The van der Waals surface area contributed by atoms with E-state index in [2.05, 4.69) is 45.0 Å². The van der Waals surface area contributed by atoms with E-state index in [-0.39, 0.29) is 0 Å². The molecule has 0 amide bonds. The lowest BCUT2D eigenvalue weighted by Gasteiger charge is -2.24. The summed E-state index contributed by atoms with van der Waals surface area (Å²) >= 11 is 0. The van der Waals surface area contributed by atoms with E-state index in [0.717, 1.165) is 6.42 Å². The fourth-order valence-electron chi connectivity index (χ4n) is 2.29. The molecule has 3 N–H and O–H groups in total. The number of carboxylic acids is 1. The summed E-state index contributed by atoms with van der Waals surface area (Å²) in [5, 5.41) is 8.89. The number of hydrogen-bond acceptors (Lipinski definition) is 2. The average Bonchev–Trinajstić information content (AvgIpc) is 2.35. The zero-order chi connectivity index (χ0) is 13.7. The van der Waals surface area contributed by atoms with Crippen molar-refractivity contribution in [3.05, 3.63) is 35.4 Å². The van der Waals surface area contributed by atoms with Crippen LogP contribution in [0.5, 0.6) is 0 Å². The molecule has 0 fully saturated rings. The maximum Gasteiger partial charge on any atom is 0.320 e. The SMILES string of the molecule is CCC(CC(N)C(=O)O)C(C)c1ccc(C)cc1. The molecule has 0 aromatic heterocycles. The Morgan fingerprint density at radius 1 is 1.33 bits per heavy atom. The highest BCUT2D eigenvalue weighted by atomic mass is 16.4. The lowest BCUT2D eigenvalue weighted by Crippen LogP contribution is -2.33. The van der Waals surface area contributed by atoms with Gasteiger partial charge in [-0.3, -0.25) is 4.79 Å². The van der Waals surface area contributed by atoms with Crippen LogP contribution in [0.1, 0.15) is 43.7 Å². The van der Waals surface area contributed by atoms with E-state index < -0.39 is 12.0 Å². The number of hydrogen-bond donors (Lipinski definition) is 2. The quantitative estimate of drug-likeness (QED) is 0.814. The highest BCUT2D eigenvalue weighted by molar-refractivity contribution is 5.73. The summed E-state index contributed by atoms with van der Waals surface area (Å²) in [6.07, 6.45) is 1.47. The number of nitrogens with two attached hydrogens (primary N) is 1. The third kappa shape index (κ3) is 3.84. The third-order valence-corrected chi connectivity index (χ3v) is 3.71. The summed E-state index contributed by atoms with van der Waals surface area (Å²) in [7, 11) is 0. The molecule has 0 saturated heterocycles. The molecule has 0 radical (unpaired) electrons. The normalized spacial score (nSPS) is 16.0. The average molecular weight is 249 g/mol. The molecule has 0 spiro atoms. The van der Waals surface area contributed by atoms with E-state index >= 15 is 0 Å². The van der Waals surface area contributed by atoms with Crippen molar-refractivity contribution in [1.29, 1.82) is 0 Å². The Labute approximate surface area is 109 Å². The summed E-state index contributed by atoms with van der Waals surface area (Å²) in [6, 6.07) is 7.66. The van der Waals surface area contributed by atoms with Crippen LogP contribution in [0.15, 0.2) is 24.3 Å². The predicted octanol–water partition coefficient (Wildman–Crippen LogP) is 2.93. The zero-order valence-corrected chi connectivity index (χ0v) is 11.4. The Bertz CT molecular complexity index is 386. The fourth-order valence-corrected chi connectivity index (χ4v) is 2.29. The first-order chi connectivity index (χ1) is 8.45. The number of aryl methyl sites for hydroxylation is 1. The van der Waals surface area contributed by atoms with Gasteiger partial charge in [0.2, 0.25) is 0 Å². The standard InChI is InChI=1S/C15H23NO2/c1-4-12(9-14(16)15(17)18)11(3)13-7-5-10(2)6-8-13/h5-8,11-12,14H,4,9,16H2,1-3H3,(H,17,18). The van der Waals surface area contributed by atoms with Crippen LogP contribution in [0.25, 0.3) is 0 Å². The molecule has 0 aliphatic rings. The Hall–Kier alpha value is -1.35. The monoisotopic (exact) mass is 249 g/mol. The van der Waals surface area contributed by atoms with Gasteiger partial charge in [-0.25, -0.2) is 0 Å². The van der Waals surface area contributed by atoms with Crippen molar-refractivity contribution in [1.82, 2.24) is 0 Å². The smallest absolute Gasteiger partial charge is 0.320 e. The number of carboxylic acid groups (broad SMARTS) is 1. The van der Waals surface area contributed by atoms with E-state index in [9.17, 15) is 4.79 Å². The van der Waals surface area contributed by atoms with Gasteiger partial charge in [-0.15, -0.1) is 0 Å². The summed E-state index contributed by atoms with van der Waals surface area (Å²) in [4.78, 5) is 10.8. The second-order valence-corrected chi connectivity index (χ2v) is 5.05. The molecule has 18 heavy (non-hydrogen) atoms. The summed E-state index contributed by atoms with van der Waals surface area (Å²) in [5.41, 5.74) is 8.13. The molecule has 0 saturated carbocycles. The van der Waals surface area contributed by atoms with Gasteiger partial charge in [0.1, 0.15) is 6.04 Å². The molecular formula is C15H23NO2. The largest absolute Gasteiger partial charge is 0.480 e. The van der Waals surface area contributed by atoms with Crippen molar-refractivity contribution in [3.8, 4) is 0 Å². The highest BCUT2D eigenvalue weighted by Crippen LogP contribution is 2.30. The lowest BCUT2D eigenvalue weighted by molar-refractivity contribution is -0.139. The molecule has 3 atom stereocenters. The van der Waals surface area contributed by atoms with Crippen molar-refractivity contribution in [2.45, 2.75) is 45.6 Å².